The van der Waals surface area contributed by atoms with E-state index >= 15 is 0 Å². The van der Waals surface area contributed by atoms with E-state index in [1.54, 1.807) is 0 Å². The van der Waals surface area contributed by atoms with Crippen molar-refractivity contribution in [3.8, 4) is 0 Å². The number of hydrogen-bond acceptors (Lipinski definition) is 8. The van der Waals surface area contributed by atoms with Gasteiger partial charge in [-0.3, -0.25) is 9.59 Å². The molecule has 2 N–H and O–H groups in total. The van der Waals surface area contributed by atoms with Gasteiger partial charge in [0.25, 0.3) is 5.56 Å². The van der Waals surface area contributed by atoms with Gasteiger partial charge in [-0.15, -0.1) is 0 Å². The minimum Gasteiger partial charge on any atom is -0.469 e. The molecular formula is C19H32F3N3O6Si. The first-order chi connectivity index (χ1) is 14.8. The second-order valence-electron chi connectivity index (χ2n) is 8.48. The Hall–Kier alpha value is -1.96. The summed E-state index contributed by atoms with van der Waals surface area (Å²) in [7, 11) is -0.179. The maximum atomic E-state index is 13.7. The third-order valence-corrected chi connectivity index (χ3v) is 6.14. The Kier molecular flexibility index (Phi) is 10.8. The van der Waals surface area contributed by atoms with Crippen LogP contribution >= 0.6 is 0 Å². The zero-order valence-electron chi connectivity index (χ0n) is 19.0. The number of hydrogen-bond donors (Lipinski definition) is 2. The van der Waals surface area contributed by atoms with E-state index in [1.165, 1.54) is 14.0 Å². The highest BCUT2D eigenvalue weighted by Crippen LogP contribution is 2.32. The second-order valence-corrected chi connectivity index (χ2v) is 14.1. The van der Waals surface area contributed by atoms with E-state index in [4.69, 9.17) is 9.47 Å². The average molecular weight is 484 g/mol. The SMILES string of the molecule is COC(=O)CCOC[C@@H](Nc1cnn(COCC[Si](C)(C)C)c(=O)c1C(F)(F)F)[C@@H](C)O. The van der Waals surface area contributed by atoms with E-state index in [-0.39, 0.29) is 19.6 Å². The summed E-state index contributed by atoms with van der Waals surface area (Å²) in [5.41, 5.74) is -3.38. The number of nitrogens with one attached hydrogen (secondary N) is 1. The molecule has 0 fully saturated rings. The number of anilines is 1. The second kappa shape index (κ2) is 12.3. The summed E-state index contributed by atoms with van der Waals surface area (Å²) in [5.74, 6) is -0.509. The first kappa shape index (κ1) is 28.1. The number of alkyl halides is 3. The molecule has 32 heavy (non-hydrogen) atoms. The summed E-state index contributed by atoms with van der Waals surface area (Å²) in [6, 6.07) is -0.196. The highest BCUT2D eigenvalue weighted by Gasteiger charge is 2.39. The number of aliphatic hydroxyl groups excluding tert-OH is 1. The Balaban J connectivity index is 2.96. The highest BCUT2D eigenvalue weighted by atomic mass is 28.3. The van der Waals surface area contributed by atoms with E-state index in [9.17, 15) is 27.9 Å². The Morgan fingerprint density at radius 2 is 1.94 bits per heavy atom. The Morgan fingerprint density at radius 3 is 2.47 bits per heavy atom. The van der Waals surface area contributed by atoms with Crippen LogP contribution < -0.4 is 10.9 Å². The molecule has 0 saturated heterocycles. The normalized spacial score (nSPS) is 14.2. The number of halogens is 3. The van der Waals surface area contributed by atoms with Gasteiger partial charge in [-0.1, -0.05) is 19.6 Å². The quantitative estimate of drug-likeness (QED) is 0.250. The average Bonchev–Trinajstić information content (AvgIpc) is 2.66. The third kappa shape index (κ3) is 9.67. The monoisotopic (exact) mass is 483 g/mol. The number of carbonyl (C=O) groups excluding carboxylic acids is 1. The van der Waals surface area contributed by atoms with Crippen molar-refractivity contribution in [3.63, 3.8) is 0 Å². The van der Waals surface area contributed by atoms with Crippen LogP contribution in [0.1, 0.15) is 18.9 Å². The topological polar surface area (TPSA) is 112 Å². The van der Waals surface area contributed by atoms with Gasteiger partial charge in [0.2, 0.25) is 0 Å². The summed E-state index contributed by atoms with van der Waals surface area (Å²) < 4.78 is 56.7. The third-order valence-electron chi connectivity index (χ3n) is 4.44. The fourth-order valence-electron chi connectivity index (χ4n) is 2.46. The van der Waals surface area contributed by atoms with Gasteiger partial charge in [-0.2, -0.15) is 18.3 Å². The number of carbonyl (C=O) groups is 1. The molecule has 184 valence electrons. The van der Waals surface area contributed by atoms with Crippen molar-refractivity contribution in [1.82, 2.24) is 9.78 Å². The van der Waals surface area contributed by atoms with Crippen LogP contribution in [0, 0.1) is 0 Å². The maximum Gasteiger partial charge on any atom is 0.423 e. The van der Waals surface area contributed by atoms with Gasteiger partial charge in [0.05, 0.1) is 50.8 Å². The van der Waals surface area contributed by atoms with Crippen molar-refractivity contribution in [3.05, 3.63) is 22.1 Å². The molecule has 1 rings (SSSR count). The van der Waals surface area contributed by atoms with Crippen LogP contribution in [-0.2, 0) is 31.9 Å². The van der Waals surface area contributed by atoms with Crippen molar-refractivity contribution in [1.29, 1.82) is 0 Å². The molecule has 0 saturated carbocycles. The highest BCUT2D eigenvalue weighted by molar-refractivity contribution is 6.76. The molecule has 9 nitrogen and oxygen atoms in total. The smallest absolute Gasteiger partial charge is 0.423 e. The summed E-state index contributed by atoms with van der Waals surface area (Å²) in [6.07, 6.45) is -5.26. The largest absolute Gasteiger partial charge is 0.469 e. The molecular weight excluding hydrogens is 451 g/mol. The van der Waals surface area contributed by atoms with Gasteiger partial charge in [-0.25, -0.2) is 4.68 Å². The molecule has 2 atom stereocenters. The van der Waals surface area contributed by atoms with Crippen LogP contribution in [0.4, 0.5) is 18.9 Å². The molecule has 0 radical (unpaired) electrons. The van der Waals surface area contributed by atoms with E-state index in [1.807, 2.05) is 0 Å². The zero-order chi connectivity index (χ0) is 24.5. The van der Waals surface area contributed by atoms with Crippen molar-refractivity contribution < 1.29 is 37.3 Å². The minimum absolute atomic E-state index is 0.0433. The molecule has 1 aromatic heterocycles. The summed E-state index contributed by atoms with van der Waals surface area (Å²) in [5, 5.41) is 16.2. The number of rotatable bonds is 13. The maximum absolute atomic E-state index is 13.7. The molecule has 0 unspecified atom stereocenters. The lowest BCUT2D eigenvalue weighted by atomic mass is 10.1. The number of methoxy groups -OCH3 is 1. The van der Waals surface area contributed by atoms with Crippen molar-refractivity contribution in [2.24, 2.45) is 0 Å². The molecule has 13 heteroatoms. The Bertz CT molecular complexity index is 796. The van der Waals surface area contributed by atoms with Crippen molar-refractivity contribution >= 4 is 19.7 Å². The van der Waals surface area contributed by atoms with Gasteiger partial charge in [0.15, 0.2) is 0 Å². The zero-order valence-corrected chi connectivity index (χ0v) is 20.0. The first-order valence-corrected chi connectivity index (χ1v) is 13.8. The summed E-state index contributed by atoms with van der Waals surface area (Å²) in [4.78, 5) is 23.6. The molecule has 1 heterocycles. The summed E-state index contributed by atoms with van der Waals surface area (Å²) >= 11 is 0. The predicted octanol–water partition coefficient (Wildman–Crippen LogP) is 2.32. The molecule has 0 amide bonds. The van der Waals surface area contributed by atoms with E-state index in [2.05, 4.69) is 34.8 Å². The van der Waals surface area contributed by atoms with E-state index in [0.717, 1.165) is 12.2 Å². The van der Waals surface area contributed by atoms with Gasteiger partial charge in [0, 0.05) is 14.7 Å². The van der Waals surface area contributed by atoms with Crippen LogP contribution in [0.2, 0.25) is 25.7 Å². The molecule has 0 aliphatic carbocycles. The van der Waals surface area contributed by atoms with Gasteiger partial charge in [-0.05, 0) is 13.0 Å². The fourth-order valence-corrected chi connectivity index (χ4v) is 3.22. The Labute approximate surface area is 185 Å². The van der Waals surface area contributed by atoms with Crippen LogP contribution in [0.25, 0.3) is 0 Å². The van der Waals surface area contributed by atoms with Gasteiger partial charge >= 0.3 is 12.1 Å². The van der Waals surface area contributed by atoms with Gasteiger partial charge < -0.3 is 24.6 Å². The first-order valence-electron chi connectivity index (χ1n) is 10.1. The molecule has 0 aromatic carbocycles. The molecule has 0 aliphatic heterocycles. The van der Waals surface area contributed by atoms with E-state index in [0.29, 0.717) is 11.3 Å². The lowest BCUT2D eigenvalue weighted by Gasteiger charge is -2.24. The number of aromatic nitrogens is 2. The lowest BCUT2D eigenvalue weighted by molar-refractivity contribution is -0.142. The minimum atomic E-state index is -4.96. The number of esters is 1. The van der Waals surface area contributed by atoms with Crippen LogP contribution in [0.15, 0.2) is 11.0 Å². The summed E-state index contributed by atoms with van der Waals surface area (Å²) in [6.45, 7) is 7.40. The van der Waals surface area contributed by atoms with Crippen LogP contribution in [0.5, 0.6) is 0 Å². The fraction of sp³-hybridized carbons (Fsp3) is 0.737. The van der Waals surface area contributed by atoms with Crippen molar-refractivity contribution in [2.75, 3.05) is 32.2 Å². The molecule has 0 spiro atoms. The molecule has 0 bridgehead atoms. The molecule has 1 aromatic rings. The standard InChI is InChI=1S/C19H32F3N3O6Si/c1-13(26)15(11-30-7-6-16(27)29-2)24-14-10-23-25(12-31-8-9-32(3,4)5)18(28)17(14)19(20,21)22/h10,13,15,24,26H,6-9,11-12H2,1-5H3/t13-,15-/m1/s1. The van der Waals surface area contributed by atoms with E-state index < -0.39 is 55.9 Å². The number of nitrogens with zero attached hydrogens (tertiary/aromatic N) is 2. The van der Waals surface area contributed by atoms with Crippen molar-refractivity contribution in [2.45, 2.75) is 64.1 Å². The van der Waals surface area contributed by atoms with Gasteiger partial charge in [0.1, 0.15) is 12.3 Å². The van der Waals surface area contributed by atoms with Crippen LogP contribution in [-0.4, -0.2) is 68.0 Å². The number of ether oxygens (including phenoxy) is 3. The van der Waals surface area contributed by atoms with Crippen LogP contribution in [0.3, 0.4) is 0 Å². The number of aliphatic hydroxyl groups is 1. The lowest BCUT2D eigenvalue weighted by Crippen LogP contribution is -2.39. The predicted molar refractivity (Wildman–Crippen MR) is 114 cm³/mol. The molecule has 0 aliphatic rings. The Morgan fingerprint density at radius 1 is 1.28 bits per heavy atom.